The lowest BCUT2D eigenvalue weighted by Crippen LogP contribution is -2.26. The molecule has 0 saturated carbocycles. The number of aliphatic hydroxyl groups is 1. The first-order valence-corrected chi connectivity index (χ1v) is 6.34. The fourth-order valence-electron chi connectivity index (χ4n) is 1.57. The second kappa shape index (κ2) is 5.39. The third-order valence-electron chi connectivity index (χ3n) is 2.58. The predicted molar refractivity (Wildman–Crippen MR) is 67.6 cm³/mol. The van der Waals surface area contributed by atoms with E-state index in [0.29, 0.717) is 6.04 Å². The van der Waals surface area contributed by atoms with Crippen LogP contribution in [0.4, 0.5) is 0 Å². The van der Waals surface area contributed by atoms with Crippen LogP contribution in [0.3, 0.4) is 0 Å². The number of nitrogens with zero attached hydrogens (tertiary/aromatic N) is 1. The van der Waals surface area contributed by atoms with Gasteiger partial charge in [0.05, 0.1) is 10.2 Å². The smallest absolute Gasteiger partial charge is 0.0809 e. The van der Waals surface area contributed by atoms with Crippen LogP contribution in [0.15, 0.2) is 23.7 Å². The first-order valence-electron chi connectivity index (χ1n) is 5.46. The zero-order valence-corrected chi connectivity index (χ0v) is 10.1. The fourth-order valence-corrected chi connectivity index (χ4v) is 2.38. The molecule has 0 radical (unpaired) electrons. The summed E-state index contributed by atoms with van der Waals surface area (Å²) in [4.78, 5) is 4.39. The summed E-state index contributed by atoms with van der Waals surface area (Å²) in [7, 11) is 0. The highest BCUT2D eigenvalue weighted by molar-refractivity contribution is 7.17. The number of nitrogens with one attached hydrogen (secondary N) is 1. The third-order valence-corrected chi connectivity index (χ3v) is 3.43. The summed E-state index contributed by atoms with van der Waals surface area (Å²) in [6, 6.07) is 4.54. The van der Waals surface area contributed by atoms with Gasteiger partial charge in [0.25, 0.3) is 0 Å². The molecule has 0 saturated heterocycles. The number of aromatic nitrogens is 1. The van der Waals surface area contributed by atoms with Gasteiger partial charge in [-0.2, -0.15) is 0 Å². The summed E-state index contributed by atoms with van der Waals surface area (Å²) >= 11 is 1.72. The molecule has 0 spiro atoms. The molecule has 16 heavy (non-hydrogen) atoms. The molecule has 2 aromatic heterocycles. The van der Waals surface area contributed by atoms with Crippen LogP contribution < -0.4 is 5.32 Å². The van der Waals surface area contributed by atoms with Crippen molar-refractivity contribution in [2.75, 3.05) is 6.61 Å². The van der Waals surface area contributed by atoms with Crippen molar-refractivity contribution in [2.45, 2.75) is 25.9 Å². The Morgan fingerprint density at radius 3 is 3.25 bits per heavy atom. The van der Waals surface area contributed by atoms with Crippen molar-refractivity contribution in [3.05, 3.63) is 29.3 Å². The van der Waals surface area contributed by atoms with E-state index in [0.717, 1.165) is 18.5 Å². The molecule has 0 amide bonds. The molecule has 0 aliphatic heterocycles. The van der Waals surface area contributed by atoms with E-state index in [-0.39, 0.29) is 6.61 Å². The van der Waals surface area contributed by atoms with Gasteiger partial charge >= 0.3 is 0 Å². The van der Waals surface area contributed by atoms with E-state index in [1.807, 2.05) is 12.3 Å². The van der Waals surface area contributed by atoms with Crippen molar-refractivity contribution in [3.8, 4) is 0 Å². The number of hydrogen-bond donors (Lipinski definition) is 2. The van der Waals surface area contributed by atoms with Gasteiger partial charge in [-0.05, 0) is 36.4 Å². The highest BCUT2D eigenvalue weighted by Crippen LogP contribution is 2.19. The lowest BCUT2D eigenvalue weighted by Gasteiger charge is -2.11. The van der Waals surface area contributed by atoms with E-state index in [1.165, 1.54) is 10.3 Å². The number of aliphatic hydroxyl groups excluding tert-OH is 1. The molecule has 0 unspecified atom stereocenters. The fraction of sp³-hybridized carbons (Fsp3) is 0.417. The molecule has 0 aliphatic carbocycles. The molecule has 2 aromatic rings. The van der Waals surface area contributed by atoms with Gasteiger partial charge in [0.2, 0.25) is 0 Å². The highest BCUT2D eigenvalue weighted by Gasteiger charge is 2.02. The lowest BCUT2D eigenvalue weighted by molar-refractivity contribution is 0.268. The van der Waals surface area contributed by atoms with Crippen LogP contribution in [0.2, 0.25) is 0 Å². The van der Waals surface area contributed by atoms with Crippen molar-refractivity contribution in [1.82, 2.24) is 10.3 Å². The maximum absolute atomic E-state index is 8.80. The molecule has 86 valence electrons. The molecule has 0 bridgehead atoms. The van der Waals surface area contributed by atoms with E-state index in [2.05, 4.69) is 28.7 Å². The highest BCUT2D eigenvalue weighted by atomic mass is 32.1. The van der Waals surface area contributed by atoms with Crippen LogP contribution >= 0.6 is 11.3 Å². The first-order chi connectivity index (χ1) is 7.79. The van der Waals surface area contributed by atoms with Crippen molar-refractivity contribution in [3.63, 3.8) is 0 Å². The second-order valence-electron chi connectivity index (χ2n) is 3.94. The summed E-state index contributed by atoms with van der Waals surface area (Å²) in [5, 5.41) is 14.2. The summed E-state index contributed by atoms with van der Waals surface area (Å²) in [6.45, 7) is 3.12. The van der Waals surface area contributed by atoms with Crippen molar-refractivity contribution in [1.29, 1.82) is 0 Å². The Kier molecular flexibility index (Phi) is 3.88. The molecule has 4 heteroatoms. The van der Waals surface area contributed by atoms with Gasteiger partial charge in [-0.1, -0.05) is 0 Å². The normalized spacial score (nSPS) is 13.1. The molecule has 2 N–H and O–H groups in total. The molecule has 3 nitrogen and oxygen atoms in total. The van der Waals surface area contributed by atoms with Gasteiger partial charge in [0, 0.05) is 25.4 Å². The molecule has 2 heterocycles. The maximum Gasteiger partial charge on any atom is 0.0809 e. The summed E-state index contributed by atoms with van der Waals surface area (Å²) in [6.07, 6.45) is 2.70. The van der Waals surface area contributed by atoms with Crippen LogP contribution in [-0.4, -0.2) is 22.7 Å². The molecular formula is C12H16N2OS. The number of pyridine rings is 1. The maximum atomic E-state index is 8.80. The van der Waals surface area contributed by atoms with Crippen molar-refractivity contribution in [2.24, 2.45) is 0 Å². The average Bonchev–Trinajstić information content (AvgIpc) is 2.74. The Balaban J connectivity index is 1.98. The Bertz CT molecular complexity index is 455. The minimum Gasteiger partial charge on any atom is -0.396 e. The quantitative estimate of drug-likeness (QED) is 0.836. The third kappa shape index (κ3) is 2.78. The largest absolute Gasteiger partial charge is 0.396 e. The summed E-state index contributed by atoms with van der Waals surface area (Å²) in [5.41, 5.74) is 2.26. The van der Waals surface area contributed by atoms with Gasteiger partial charge in [-0.3, -0.25) is 4.98 Å². The minimum absolute atomic E-state index is 0.233. The van der Waals surface area contributed by atoms with Gasteiger partial charge in [-0.15, -0.1) is 11.3 Å². The van der Waals surface area contributed by atoms with Crippen LogP contribution in [0.1, 0.15) is 18.9 Å². The minimum atomic E-state index is 0.233. The number of thiophene rings is 1. The van der Waals surface area contributed by atoms with Gasteiger partial charge in [0.15, 0.2) is 0 Å². The first kappa shape index (κ1) is 11.5. The van der Waals surface area contributed by atoms with Crippen molar-refractivity contribution < 1.29 is 5.11 Å². The van der Waals surface area contributed by atoms with E-state index in [9.17, 15) is 0 Å². The molecule has 0 fully saturated rings. The molecule has 1 atom stereocenters. The SMILES string of the molecule is C[C@H](CCO)NCc1cnc2ccsc2c1. The zero-order chi connectivity index (χ0) is 11.4. The Labute approximate surface area is 99.1 Å². The van der Waals surface area contributed by atoms with Gasteiger partial charge in [-0.25, -0.2) is 0 Å². The van der Waals surface area contributed by atoms with Gasteiger partial charge in [0.1, 0.15) is 0 Å². The number of hydrogen-bond acceptors (Lipinski definition) is 4. The molecular weight excluding hydrogens is 220 g/mol. The molecule has 2 rings (SSSR count). The lowest BCUT2D eigenvalue weighted by atomic mass is 10.2. The van der Waals surface area contributed by atoms with Crippen molar-refractivity contribution >= 4 is 21.6 Å². The second-order valence-corrected chi connectivity index (χ2v) is 4.89. The van der Waals surface area contributed by atoms with E-state index >= 15 is 0 Å². The van der Waals surface area contributed by atoms with Gasteiger partial charge < -0.3 is 10.4 Å². The van der Waals surface area contributed by atoms with Crippen LogP contribution in [0.5, 0.6) is 0 Å². The average molecular weight is 236 g/mol. The zero-order valence-electron chi connectivity index (χ0n) is 9.31. The topological polar surface area (TPSA) is 45.1 Å². The Morgan fingerprint density at radius 1 is 1.56 bits per heavy atom. The molecule has 0 aliphatic rings. The van der Waals surface area contributed by atoms with Crippen LogP contribution in [-0.2, 0) is 6.54 Å². The van der Waals surface area contributed by atoms with E-state index in [4.69, 9.17) is 5.11 Å². The Hall–Kier alpha value is -0.970. The Morgan fingerprint density at radius 2 is 2.44 bits per heavy atom. The molecule has 0 aromatic carbocycles. The monoisotopic (exact) mass is 236 g/mol. The van der Waals surface area contributed by atoms with E-state index < -0.39 is 0 Å². The predicted octanol–water partition coefficient (Wildman–Crippen LogP) is 2.16. The number of fused-ring (bicyclic) bond motifs is 1. The number of rotatable bonds is 5. The van der Waals surface area contributed by atoms with Crippen LogP contribution in [0, 0.1) is 0 Å². The standard InChI is InChI=1S/C12H16N2OS/c1-9(2-4-15)13-7-10-6-12-11(14-8-10)3-5-16-12/h3,5-6,8-9,13,15H,2,4,7H2,1H3/t9-/m1/s1. The van der Waals surface area contributed by atoms with E-state index in [1.54, 1.807) is 11.3 Å². The summed E-state index contributed by atoms with van der Waals surface area (Å²) < 4.78 is 1.23. The summed E-state index contributed by atoms with van der Waals surface area (Å²) in [5.74, 6) is 0. The van der Waals surface area contributed by atoms with Crippen LogP contribution in [0.25, 0.3) is 10.2 Å².